The van der Waals surface area contributed by atoms with Gasteiger partial charge in [-0.3, -0.25) is 9.69 Å². The normalized spacial score (nSPS) is 15.4. The Bertz CT molecular complexity index is 1010. The molecule has 1 fully saturated rings. The minimum Gasteiger partial charge on any atom is -0.493 e. The topological polar surface area (TPSA) is 38.8 Å². The molecule has 1 heterocycles. The van der Waals surface area contributed by atoms with Crippen molar-refractivity contribution in [3.05, 3.63) is 61.9 Å². The number of amides is 1. The fourth-order valence-corrected chi connectivity index (χ4v) is 4.94. The number of hydrogen-bond donors (Lipinski definition) is 0. The number of carbonyl (C=O) groups excluding carboxylic acids is 1. The summed E-state index contributed by atoms with van der Waals surface area (Å²) < 4.78 is 12.8. The number of ether oxygens (including phenoxy) is 2. The summed E-state index contributed by atoms with van der Waals surface area (Å²) in [6.07, 6.45) is 1.82. The smallest absolute Gasteiger partial charge is 0.266 e. The number of carbonyl (C=O) groups is 1. The van der Waals surface area contributed by atoms with E-state index in [9.17, 15) is 4.79 Å². The number of rotatable bonds is 7. The van der Waals surface area contributed by atoms with E-state index < -0.39 is 0 Å². The molecule has 3 rings (SSSR count). The summed E-state index contributed by atoms with van der Waals surface area (Å²) in [7, 11) is 1.58. The summed E-state index contributed by atoms with van der Waals surface area (Å²) >= 11 is 16.5. The molecule has 1 saturated heterocycles. The van der Waals surface area contributed by atoms with Gasteiger partial charge in [0.15, 0.2) is 11.5 Å². The lowest BCUT2D eigenvalue weighted by Crippen LogP contribution is -2.31. The third-order valence-corrected chi connectivity index (χ3v) is 6.64. The molecule has 2 aromatic carbocycles. The number of benzene rings is 2. The van der Waals surface area contributed by atoms with Crippen molar-refractivity contribution in [1.29, 1.82) is 0 Å². The van der Waals surface area contributed by atoms with Gasteiger partial charge in [0.1, 0.15) is 10.9 Å². The van der Waals surface area contributed by atoms with Gasteiger partial charge in [-0.25, -0.2) is 0 Å². The van der Waals surface area contributed by atoms with Crippen LogP contribution in [0.25, 0.3) is 6.08 Å². The zero-order valence-electron chi connectivity index (χ0n) is 16.8. The van der Waals surface area contributed by atoms with E-state index in [-0.39, 0.29) is 5.91 Å². The van der Waals surface area contributed by atoms with Crippen LogP contribution in [0.5, 0.6) is 11.5 Å². The van der Waals surface area contributed by atoms with Crippen molar-refractivity contribution >= 4 is 67.8 Å². The van der Waals surface area contributed by atoms with E-state index in [0.717, 1.165) is 15.6 Å². The highest BCUT2D eigenvalue weighted by Crippen LogP contribution is 2.40. The second-order valence-electron chi connectivity index (χ2n) is 7.10. The first-order valence-corrected chi connectivity index (χ1v) is 11.7. The van der Waals surface area contributed by atoms with Gasteiger partial charge in [0.2, 0.25) is 0 Å². The van der Waals surface area contributed by atoms with E-state index in [0.29, 0.717) is 44.8 Å². The van der Waals surface area contributed by atoms with Crippen molar-refractivity contribution < 1.29 is 14.3 Å². The van der Waals surface area contributed by atoms with Gasteiger partial charge < -0.3 is 9.47 Å². The molecule has 0 spiro atoms. The maximum atomic E-state index is 12.7. The lowest BCUT2D eigenvalue weighted by Gasteiger charge is -2.16. The first kappa shape index (κ1) is 23.1. The Morgan fingerprint density at radius 1 is 1.30 bits per heavy atom. The van der Waals surface area contributed by atoms with Crippen LogP contribution in [0.1, 0.15) is 25.0 Å². The number of methoxy groups -OCH3 is 1. The molecule has 0 unspecified atom stereocenters. The number of thioether (sulfide) groups is 1. The molecule has 0 aromatic heterocycles. The quantitative estimate of drug-likeness (QED) is 0.302. The molecule has 30 heavy (non-hydrogen) atoms. The van der Waals surface area contributed by atoms with Crippen LogP contribution in [0.4, 0.5) is 0 Å². The fourth-order valence-electron chi connectivity index (χ4n) is 2.90. The van der Waals surface area contributed by atoms with Crippen molar-refractivity contribution in [2.45, 2.75) is 20.5 Å². The summed E-state index contributed by atoms with van der Waals surface area (Å²) in [5.41, 5.74) is 1.69. The molecule has 2 aromatic rings. The van der Waals surface area contributed by atoms with Crippen LogP contribution in [0.3, 0.4) is 0 Å². The largest absolute Gasteiger partial charge is 0.493 e. The van der Waals surface area contributed by atoms with E-state index in [1.54, 1.807) is 12.0 Å². The molecule has 0 radical (unpaired) electrons. The van der Waals surface area contributed by atoms with Crippen LogP contribution >= 0.6 is 51.5 Å². The Labute approximate surface area is 199 Å². The van der Waals surface area contributed by atoms with Gasteiger partial charge in [0.05, 0.1) is 16.5 Å². The highest BCUT2D eigenvalue weighted by molar-refractivity contribution is 9.10. The maximum absolute atomic E-state index is 12.7. The first-order valence-electron chi connectivity index (χ1n) is 9.29. The van der Waals surface area contributed by atoms with Gasteiger partial charge in [0.25, 0.3) is 5.91 Å². The molecule has 1 aliphatic heterocycles. The average Bonchev–Trinajstić information content (AvgIpc) is 2.95. The Morgan fingerprint density at radius 3 is 2.70 bits per heavy atom. The van der Waals surface area contributed by atoms with Crippen molar-refractivity contribution in [1.82, 2.24) is 4.90 Å². The van der Waals surface area contributed by atoms with Crippen molar-refractivity contribution in [2.75, 3.05) is 13.7 Å². The SMILES string of the molecule is COc1cc(/C=C2\SC(=S)N(CC(C)C)C2=O)cc(Br)c1OCc1ccccc1Cl. The highest BCUT2D eigenvalue weighted by Gasteiger charge is 2.32. The summed E-state index contributed by atoms with van der Waals surface area (Å²) in [5, 5.41) is 0.646. The Hall–Kier alpha value is -1.54. The summed E-state index contributed by atoms with van der Waals surface area (Å²) in [5.74, 6) is 1.41. The predicted octanol–water partition coefficient (Wildman–Crippen LogP) is 6.55. The molecule has 0 atom stereocenters. The summed E-state index contributed by atoms with van der Waals surface area (Å²) in [6, 6.07) is 11.2. The van der Waals surface area contributed by atoms with Gasteiger partial charge in [0, 0.05) is 17.1 Å². The monoisotopic (exact) mass is 525 g/mol. The molecule has 8 heteroatoms. The Kier molecular flexibility index (Phi) is 7.85. The molecular formula is C22H21BrClNO3S2. The number of halogens is 2. The van der Waals surface area contributed by atoms with Crippen LogP contribution in [-0.2, 0) is 11.4 Å². The molecule has 0 N–H and O–H groups in total. The van der Waals surface area contributed by atoms with Gasteiger partial charge in [-0.15, -0.1) is 0 Å². The first-order chi connectivity index (χ1) is 14.3. The Morgan fingerprint density at radius 2 is 2.03 bits per heavy atom. The molecule has 0 saturated carbocycles. The lowest BCUT2D eigenvalue weighted by atomic mass is 10.1. The molecule has 0 bridgehead atoms. The zero-order valence-corrected chi connectivity index (χ0v) is 20.8. The average molecular weight is 527 g/mol. The minimum atomic E-state index is -0.0622. The van der Waals surface area contributed by atoms with Crippen molar-refractivity contribution in [3.63, 3.8) is 0 Å². The molecular weight excluding hydrogens is 506 g/mol. The third kappa shape index (κ3) is 5.38. The third-order valence-electron chi connectivity index (χ3n) is 4.30. The molecule has 4 nitrogen and oxygen atoms in total. The van der Waals surface area contributed by atoms with E-state index in [1.807, 2.05) is 42.5 Å². The standard InChI is InChI=1S/C22H21BrClNO3S2/c1-13(2)11-25-21(26)19(30-22(25)29)10-14-8-16(23)20(18(9-14)27-3)28-12-15-6-4-5-7-17(15)24/h4-10,13H,11-12H2,1-3H3/b19-10-. The predicted molar refractivity (Wildman–Crippen MR) is 131 cm³/mol. The second kappa shape index (κ2) is 10.2. The van der Waals surface area contributed by atoms with Crippen LogP contribution in [-0.4, -0.2) is 28.8 Å². The number of hydrogen-bond acceptors (Lipinski definition) is 5. The van der Waals surface area contributed by atoms with E-state index in [4.69, 9.17) is 33.3 Å². The molecule has 1 amide bonds. The number of nitrogens with zero attached hydrogens (tertiary/aromatic N) is 1. The van der Waals surface area contributed by atoms with Crippen LogP contribution < -0.4 is 9.47 Å². The van der Waals surface area contributed by atoms with E-state index >= 15 is 0 Å². The molecule has 0 aliphatic carbocycles. The van der Waals surface area contributed by atoms with Gasteiger partial charge in [-0.1, -0.05) is 67.6 Å². The fraction of sp³-hybridized carbons (Fsp3) is 0.273. The van der Waals surface area contributed by atoms with Crippen LogP contribution in [0.2, 0.25) is 5.02 Å². The van der Waals surface area contributed by atoms with Crippen molar-refractivity contribution in [3.8, 4) is 11.5 Å². The molecule has 158 valence electrons. The second-order valence-corrected chi connectivity index (χ2v) is 10.0. The van der Waals surface area contributed by atoms with Gasteiger partial charge in [-0.05, 0) is 51.7 Å². The molecule has 1 aliphatic rings. The van der Waals surface area contributed by atoms with E-state index in [2.05, 4.69) is 29.8 Å². The maximum Gasteiger partial charge on any atom is 0.266 e. The zero-order chi connectivity index (χ0) is 21.8. The van der Waals surface area contributed by atoms with Crippen LogP contribution in [0.15, 0.2) is 45.8 Å². The Balaban J connectivity index is 1.83. The summed E-state index contributed by atoms with van der Waals surface area (Å²) in [4.78, 5) is 15.0. The highest BCUT2D eigenvalue weighted by atomic mass is 79.9. The van der Waals surface area contributed by atoms with Gasteiger partial charge >= 0.3 is 0 Å². The van der Waals surface area contributed by atoms with E-state index in [1.165, 1.54) is 11.8 Å². The minimum absolute atomic E-state index is 0.0622. The van der Waals surface area contributed by atoms with Crippen LogP contribution in [0, 0.1) is 5.92 Å². The summed E-state index contributed by atoms with van der Waals surface area (Å²) in [6.45, 7) is 5.04. The lowest BCUT2D eigenvalue weighted by molar-refractivity contribution is -0.122. The van der Waals surface area contributed by atoms with Gasteiger partial charge in [-0.2, -0.15) is 0 Å². The van der Waals surface area contributed by atoms with Crippen molar-refractivity contribution in [2.24, 2.45) is 5.92 Å². The number of thiocarbonyl (C=S) groups is 1.